The van der Waals surface area contributed by atoms with Crippen molar-refractivity contribution in [1.29, 1.82) is 0 Å². The van der Waals surface area contributed by atoms with Crippen molar-refractivity contribution in [3.05, 3.63) is 83.7 Å². The first-order valence-corrected chi connectivity index (χ1v) is 9.07. The number of halogens is 1. The van der Waals surface area contributed by atoms with Gasteiger partial charge in [0.05, 0.1) is 0 Å². The molecule has 0 aliphatic carbocycles. The number of oxazole rings is 1. The number of hydrogen-bond donors (Lipinski definition) is 1. The Balaban J connectivity index is 1.56. The molecule has 0 saturated carbocycles. The molecule has 4 aromatic rings. The van der Waals surface area contributed by atoms with Crippen LogP contribution in [0.1, 0.15) is 35.7 Å². The first kappa shape index (κ1) is 17.9. The Kier molecular flexibility index (Phi) is 4.65. The second-order valence-electron chi connectivity index (χ2n) is 6.94. The van der Waals surface area contributed by atoms with Crippen molar-refractivity contribution in [1.82, 2.24) is 4.98 Å². The predicted molar refractivity (Wildman–Crippen MR) is 108 cm³/mol. The first-order chi connectivity index (χ1) is 13.5. The maximum absolute atomic E-state index is 13.4. The number of carbonyl (C=O) groups is 1. The average molecular weight is 374 g/mol. The van der Waals surface area contributed by atoms with Gasteiger partial charge in [-0.3, -0.25) is 4.79 Å². The molecule has 1 aromatic heterocycles. The van der Waals surface area contributed by atoms with Crippen LogP contribution >= 0.6 is 0 Å². The lowest BCUT2D eigenvalue weighted by Crippen LogP contribution is -2.11. The normalized spacial score (nSPS) is 11.1. The number of aromatic nitrogens is 1. The lowest BCUT2D eigenvalue weighted by atomic mass is 10.0. The summed E-state index contributed by atoms with van der Waals surface area (Å²) in [5, 5.41) is 2.88. The Bertz CT molecular complexity index is 1150. The summed E-state index contributed by atoms with van der Waals surface area (Å²) in [5.41, 5.74) is 4.11. The molecule has 0 bridgehead atoms. The Hall–Kier alpha value is -3.47. The van der Waals surface area contributed by atoms with E-state index in [-0.39, 0.29) is 11.7 Å². The highest BCUT2D eigenvalue weighted by Gasteiger charge is 2.12. The summed E-state index contributed by atoms with van der Waals surface area (Å²) in [5.74, 6) is 0.209. The van der Waals surface area contributed by atoms with Crippen LogP contribution in [0.5, 0.6) is 0 Å². The zero-order chi connectivity index (χ0) is 19.7. The monoisotopic (exact) mass is 374 g/mol. The largest absolute Gasteiger partial charge is 0.436 e. The molecule has 0 saturated heterocycles. The smallest absolute Gasteiger partial charge is 0.255 e. The van der Waals surface area contributed by atoms with Crippen molar-refractivity contribution in [2.24, 2.45) is 0 Å². The van der Waals surface area contributed by atoms with Crippen LogP contribution in [0.25, 0.3) is 22.6 Å². The Morgan fingerprint density at radius 3 is 2.54 bits per heavy atom. The van der Waals surface area contributed by atoms with Crippen LogP contribution in [0.3, 0.4) is 0 Å². The van der Waals surface area contributed by atoms with Gasteiger partial charge in [0.25, 0.3) is 5.91 Å². The minimum atomic E-state index is -0.351. The minimum Gasteiger partial charge on any atom is -0.436 e. The van der Waals surface area contributed by atoms with Crippen LogP contribution in [0, 0.1) is 5.82 Å². The third-order valence-electron chi connectivity index (χ3n) is 4.56. The molecule has 1 amide bonds. The van der Waals surface area contributed by atoms with E-state index in [1.807, 2.05) is 24.3 Å². The van der Waals surface area contributed by atoms with Gasteiger partial charge in [-0.2, -0.15) is 0 Å². The fraction of sp³-hybridized carbons (Fsp3) is 0.130. The molecule has 0 fully saturated rings. The number of amides is 1. The van der Waals surface area contributed by atoms with E-state index in [0.29, 0.717) is 39.7 Å². The van der Waals surface area contributed by atoms with E-state index in [9.17, 15) is 9.18 Å². The van der Waals surface area contributed by atoms with Crippen LogP contribution in [0.4, 0.5) is 10.1 Å². The van der Waals surface area contributed by atoms with E-state index in [1.165, 1.54) is 17.7 Å². The second-order valence-corrected chi connectivity index (χ2v) is 6.94. The van der Waals surface area contributed by atoms with Crippen LogP contribution in [-0.2, 0) is 0 Å². The standard InChI is InChI=1S/C23H19FN2O2/c1-14(2)15-6-8-16(9-7-15)22(27)25-19-10-11-21-20(13-19)26-23(28-21)17-4-3-5-18(24)12-17/h3-14H,1-2H3,(H,25,27). The Morgan fingerprint density at radius 2 is 1.82 bits per heavy atom. The highest BCUT2D eigenvalue weighted by atomic mass is 19.1. The molecule has 4 rings (SSSR count). The quantitative estimate of drug-likeness (QED) is 0.476. The highest BCUT2D eigenvalue weighted by Crippen LogP contribution is 2.27. The van der Waals surface area contributed by atoms with E-state index >= 15 is 0 Å². The van der Waals surface area contributed by atoms with Gasteiger partial charge in [0, 0.05) is 16.8 Å². The number of fused-ring (bicyclic) bond motifs is 1. The van der Waals surface area contributed by atoms with Crippen LogP contribution in [-0.4, -0.2) is 10.9 Å². The lowest BCUT2D eigenvalue weighted by molar-refractivity contribution is 0.102. The van der Waals surface area contributed by atoms with Crippen LogP contribution < -0.4 is 5.32 Å². The summed E-state index contributed by atoms with van der Waals surface area (Å²) in [4.78, 5) is 16.9. The summed E-state index contributed by atoms with van der Waals surface area (Å²) >= 11 is 0. The van der Waals surface area contributed by atoms with Gasteiger partial charge in [0.2, 0.25) is 5.89 Å². The number of nitrogens with zero attached hydrogens (tertiary/aromatic N) is 1. The number of rotatable bonds is 4. The summed E-state index contributed by atoms with van der Waals surface area (Å²) < 4.78 is 19.1. The Labute approximate surface area is 162 Å². The maximum atomic E-state index is 13.4. The summed E-state index contributed by atoms with van der Waals surface area (Å²) in [6.07, 6.45) is 0. The number of benzene rings is 3. The maximum Gasteiger partial charge on any atom is 0.255 e. The summed E-state index contributed by atoms with van der Waals surface area (Å²) in [6, 6.07) is 18.9. The molecule has 0 aliphatic heterocycles. The minimum absolute atomic E-state index is 0.191. The molecule has 0 spiro atoms. The fourth-order valence-corrected chi connectivity index (χ4v) is 2.97. The van der Waals surface area contributed by atoms with Gasteiger partial charge in [0.15, 0.2) is 5.58 Å². The topological polar surface area (TPSA) is 55.1 Å². The molecule has 28 heavy (non-hydrogen) atoms. The predicted octanol–water partition coefficient (Wildman–Crippen LogP) is 6.01. The van der Waals surface area contributed by atoms with E-state index in [2.05, 4.69) is 24.1 Å². The molecule has 0 atom stereocenters. The molecule has 1 N–H and O–H groups in total. The fourth-order valence-electron chi connectivity index (χ4n) is 2.97. The van der Waals surface area contributed by atoms with E-state index in [4.69, 9.17) is 4.42 Å². The van der Waals surface area contributed by atoms with Crippen molar-refractivity contribution < 1.29 is 13.6 Å². The third kappa shape index (κ3) is 3.64. The van der Waals surface area contributed by atoms with Crippen molar-refractivity contribution in [2.75, 3.05) is 5.32 Å². The van der Waals surface area contributed by atoms with E-state index < -0.39 is 0 Å². The molecule has 3 aromatic carbocycles. The van der Waals surface area contributed by atoms with E-state index in [0.717, 1.165) is 0 Å². The molecule has 0 unspecified atom stereocenters. The average Bonchev–Trinajstić information content (AvgIpc) is 3.11. The third-order valence-corrected chi connectivity index (χ3v) is 4.56. The molecule has 5 heteroatoms. The molecular weight excluding hydrogens is 355 g/mol. The Morgan fingerprint density at radius 1 is 1.04 bits per heavy atom. The van der Waals surface area contributed by atoms with E-state index in [1.54, 1.807) is 30.3 Å². The van der Waals surface area contributed by atoms with Gasteiger partial charge in [-0.15, -0.1) is 0 Å². The van der Waals surface area contributed by atoms with Gasteiger partial charge < -0.3 is 9.73 Å². The lowest BCUT2D eigenvalue weighted by Gasteiger charge is -2.08. The highest BCUT2D eigenvalue weighted by molar-refractivity contribution is 6.05. The van der Waals surface area contributed by atoms with Crippen molar-refractivity contribution in [2.45, 2.75) is 19.8 Å². The molecule has 140 valence electrons. The van der Waals surface area contributed by atoms with Crippen LogP contribution in [0.15, 0.2) is 71.1 Å². The number of anilines is 1. The van der Waals surface area contributed by atoms with Gasteiger partial charge in [-0.25, -0.2) is 9.37 Å². The van der Waals surface area contributed by atoms with Crippen molar-refractivity contribution in [3.8, 4) is 11.5 Å². The molecule has 0 radical (unpaired) electrons. The molecule has 0 aliphatic rings. The second kappa shape index (κ2) is 7.27. The number of hydrogen-bond acceptors (Lipinski definition) is 3. The van der Waals surface area contributed by atoms with Crippen molar-refractivity contribution >= 4 is 22.7 Å². The zero-order valence-corrected chi connectivity index (χ0v) is 15.6. The van der Waals surface area contributed by atoms with Gasteiger partial charge in [-0.1, -0.05) is 32.0 Å². The van der Waals surface area contributed by atoms with Gasteiger partial charge in [0.1, 0.15) is 11.3 Å². The first-order valence-electron chi connectivity index (χ1n) is 9.07. The summed E-state index contributed by atoms with van der Waals surface area (Å²) in [7, 11) is 0. The number of nitrogens with one attached hydrogen (secondary N) is 1. The molecule has 1 heterocycles. The summed E-state index contributed by atoms with van der Waals surface area (Å²) in [6.45, 7) is 4.22. The number of carbonyl (C=O) groups excluding carboxylic acids is 1. The van der Waals surface area contributed by atoms with Gasteiger partial charge >= 0.3 is 0 Å². The van der Waals surface area contributed by atoms with Crippen LogP contribution in [0.2, 0.25) is 0 Å². The molecular formula is C23H19FN2O2. The van der Waals surface area contributed by atoms with Gasteiger partial charge in [-0.05, 0) is 60.0 Å². The van der Waals surface area contributed by atoms with Crippen molar-refractivity contribution in [3.63, 3.8) is 0 Å². The SMILES string of the molecule is CC(C)c1ccc(C(=O)Nc2ccc3oc(-c4cccc(F)c4)nc3c2)cc1. The molecule has 4 nitrogen and oxygen atoms in total. The zero-order valence-electron chi connectivity index (χ0n) is 15.6.